The van der Waals surface area contributed by atoms with Crippen molar-refractivity contribution in [3.05, 3.63) is 23.3 Å². The van der Waals surface area contributed by atoms with Crippen LogP contribution < -0.4 is 4.74 Å². The summed E-state index contributed by atoms with van der Waals surface area (Å²) in [5, 5.41) is 19.5. The lowest BCUT2D eigenvalue weighted by Crippen LogP contribution is -2.46. The van der Waals surface area contributed by atoms with Gasteiger partial charge in [-0.3, -0.25) is 4.90 Å². The fourth-order valence-corrected chi connectivity index (χ4v) is 4.34. The number of aromatic hydroxyl groups is 1. The average molecular weight is 305 g/mol. The van der Waals surface area contributed by atoms with E-state index in [4.69, 9.17) is 4.74 Å². The number of fused-ring (bicyclic) bond motifs is 3. The van der Waals surface area contributed by atoms with Crippen molar-refractivity contribution in [3.8, 4) is 11.5 Å². The minimum absolute atomic E-state index is 0.236. The zero-order valence-electron chi connectivity index (χ0n) is 13.6. The number of aliphatic hydroxyl groups excluding tert-OH is 1. The van der Waals surface area contributed by atoms with Crippen LogP contribution in [0.3, 0.4) is 0 Å². The van der Waals surface area contributed by atoms with E-state index in [0.717, 1.165) is 32.4 Å². The summed E-state index contributed by atoms with van der Waals surface area (Å²) in [6.07, 6.45) is 4.16. The van der Waals surface area contributed by atoms with Gasteiger partial charge in [0.05, 0.1) is 7.11 Å². The number of hydrogen-bond acceptors (Lipinski definition) is 4. The first-order chi connectivity index (χ1) is 10.7. The van der Waals surface area contributed by atoms with Crippen LogP contribution in [-0.2, 0) is 6.42 Å². The molecule has 1 saturated heterocycles. The van der Waals surface area contributed by atoms with E-state index in [0.29, 0.717) is 23.6 Å². The summed E-state index contributed by atoms with van der Waals surface area (Å²) in [6.45, 7) is 4.71. The van der Waals surface area contributed by atoms with Crippen molar-refractivity contribution in [2.24, 2.45) is 11.8 Å². The number of benzene rings is 1. The van der Waals surface area contributed by atoms with Gasteiger partial charge in [-0.05, 0) is 54.4 Å². The molecule has 0 unspecified atom stereocenters. The zero-order chi connectivity index (χ0) is 15.7. The molecule has 3 atom stereocenters. The molecule has 0 amide bonds. The summed E-state index contributed by atoms with van der Waals surface area (Å²) < 4.78 is 5.24. The highest BCUT2D eigenvalue weighted by Crippen LogP contribution is 2.45. The van der Waals surface area contributed by atoms with Gasteiger partial charge in [0.25, 0.3) is 0 Å². The maximum absolute atomic E-state index is 10.1. The molecule has 2 heterocycles. The van der Waals surface area contributed by atoms with Crippen LogP contribution >= 0.6 is 0 Å². The topological polar surface area (TPSA) is 52.9 Å². The number of piperidine rings is 1. The van der Waals surface area contributed by atoms with Crippen LogP contribution in [0.2, 0.25) is 0 Å². The summed E-state index contributed by atoms with van der Waals surface area (Å²) >= 11 is 0. The van der Waals surface area contributed by atoms with Crippen LogP contribution in [0, 0.1) is 11.8 Å². The van der Waals surface area contributed by atoms with E-state index in [2.05, 4.69) is 11.8 Å². The molecule has 0 aromatic heterocycles. The van der Waals surface area contributed by atoms with Gasteiger partial charge in [-0.15, -0.1) is 0 Å². The number of rotatable bonds is 4. The highest BCUT2D eigenvalue weighted by Gasteiger charge is 2.38. The highest BCUT2D eigenvalue weighted by molar-refractivity contribution is 5.48. The van der Waals surface area contributed by atoms with E-state index >= 15 is 0 Å². The lowest BCUT2D eigenvalue weighted by Gasteiger charge is -2.47. The van der Waals surface area contributed by atoms with E-state index in [1.165, 1.54) is 17.5 Å². The van der Waals surface area contributed by atoms with Crippen molar-refractivity contribution in [2.45, 2.75) is 38.6 Å². The molecule has 4 heteroatoms. The van der Waals surface area contributed by atoms with Gasteiger partial charge >= 0.3 is 0 Å². The molecule has 0 spiro atoms. The van der Waals surface area contributed by atoms with Gasteiger partial charge in [0.2, 0.25) is 0 Å². The fraction of sp³-hybridized carbons (Fsp3) is 0.667. The summed E-state index contributed by atoms with van der Waals surface area (Å²) in [5.74, 6) is 2.06. The maximum Gasteiger partial charge on any atom is 0.160 e. The van der Waals surface area contributed by atoms with E-state index in [1.807, 2.05) is 12.1 Å². The van der Waals surface area contributed by atoms with Crippen molar-refractivity contribution in [1.29, 1.82) is 0 Å². The second kappa shape index (κ2) is 6.47. The van der Waals surface area contributed by atoms with E-state index in [9.17, 15) is 10.2 Å². The normalized spacial score (nSPS) is 28.0. The average Bonchev–Trinajstić information content (AvgIpc) is 2.54. The summed E-state index contributed by atoms with van der Waals surface area (Å²) in [5.41, 5.74) is 2.55. The molecular formula is C18H27NO3. The molecule has 1 fully saturated rings. The van der Waals surface area contributed by atoms with Crippen molar-refractivity contribution in [1.82, 2.24) is 4.90 Å². The molecule has 2 aliphatic rings. The van der Waals surface area contributed by atoms with Crippen molar-refractivity contribution < 1.29 is 14.9 Å². The van der Waals surface area contributed by atoms with Crippen LogP contribution in [0.4, 0.5) is 0 Å². The number of hydrogen-bond donors (Lipinski definition) is 2. The Labute approximate surface area is 132 Å². The fourth-order valence-electron chi connectivity index (χ4n) is 4.34. The third kappa shape index (κ3) is 2.70. The Kier molecular flexibility index (Phi) is 4.59. The van der Waals surface area contributed by atoms with Crippen molar-refractivity contribution in [2.75, 3.05) is 26.8 Å². The van der Waals surface area contributed by atoms with Gasteiger partial charge in [-0.1, -0.05) is 13.3 Å². The second-order valence-electron chi connectivity index (χ2n) is 6.66. The third-order valence-electron chi connectivity index (χ3n) is 5.59. The molecule has 3 rings (SSSR count). The summed E-state index contributed by atoms with van der Waals surface area (Å²) in [7, 11) is 1.60. The smallest absolute Gasteiger partial charge is 0.160 e. The maximum atomic E-state index is 10.1. The number of methoxy groups -OCH3 is 1. The van der Waals surface area contributed by atoms with E-state index in [-0.39, 0.29) is 12.4 Å². The van der Waals surface area contributed by atoms with Gasteiger partial charge in [0, 0.05) is 25.7 Å². The molecule has 0 radical (unpaired) electrons. The van der Waals surface area contributed by atoms with Crippen LogP contribution in [0.1, 0.15) is 43.4 Å². The van der Waals surface area contributed by atoms with Crippen LogP contribution in [0.15, 0.2) is 12.1 Å². The lowest BCUT2D eigenvalue weighted by molar-refractivity contribution is 0.0409. The number of nitrogens with zero attached hydrogens (tertiary/aromatic N) is 1. The monoisotopic (exact) mass is 305 g/mol. The van der Waals surface area contributed by atoms with Crippen molar-refractivity contribution >= 4 is 0 Å². The molecule has 1 aromatic rings. The number of aliphatic hydroxyl groups is 1. The molecule has 0 saturated carbocycles. The first kappa shape index (κ1) is 15.6. The Morgan fingerprint density at radius 3 is 2.82 bits per heavy atom. The van der Waals surface area contributed by atoms with Crippen molar-refractivity contribution in [3.63, 3.8) is 0 Å². The minimum Gasteiger partial charge on any atom is -0.504 e. The second-order valence-corrected chi connectivity index (χ2v) is 6.66. The molecule has 1 aromatic carbocycles. The molecule has 2 N–H and O–H groups in total. The van der Waals surface area contributed by atoms with E-state index < -0.39 is 0 Å². The van der Waals surface area contributed by atoms with Gasteiger partial charge in [-0.25, -0.2) is 0 Å². The Morgan fingerprint density at radius 1 is 1.32 bits per heavy atom. The molecule has 0 bridgehead atoms. The molecule has 4 nitrogen and oxygen atoms in total. The largest absolute Gasteiger partial charge is 0.504 e. The zero-order valence-corrected chi connectivity index (χ0v) is 13.6. The van der Waals surface area contributed by atoms with Gasteiger partial charge < -0.3 is 14.9 Å². The Hall–Kier alpha value is -1.26. The number of phenols is 1. The highest BCUT2D eigenvalue weighted by atomic mass is 16.5. The van der Waals surface area contributed by atoms with Crippen LogP contribution in [0.5, 0.6) is 11.5 Å². The Bertz CT molecular complexity index is 531. The Balaban J connectivity index is 1.90. The minimum atomic E-state index is 0.236. The first-order valence-electron chi connectivity index (χ1n) is 8.42. The molecule has 22 heavy (non-hydrogen) atoms. The lowest BCUT2D eigenvalue weighted by atomic mass is 9.74. The van der Waals surface area contributed by atoms with Crippen LogP contribution in [0.25, 0.3) is 0 Å². The van der Waals surface area contributed by atoms with Gasteiger partial charge in [0.1, 0.15) is 0 Å². The molecule has 122 valence electrons. The first-order valence-corrected chi connectivity index (χ1v) is 8.42. The summed E-state index contributed by atoms with van der Waals surface area (Å²) in [6, 6.07) is 4.27. The third-order valence-corrected chi connectivity index (χ3v) is 5.59. The molecule has 2 aliphatic heterocycles. The number of phenolic OH excluding ortho intramolecular Hbond substituents is 1. The number of ether oxygens (including phenoxy) is 1. The predicted molar refractivity (Wildman–Crippen MR) is 86.3 cm³/mol. The standard InChI is InChI=1S/C18H27NO3/c1-3-12-11-19-6-4-14-9-18(22-2)17(21)10-15(14)16(19)8-13(12)5-7-20/h9-10,12-13,16,20-21H,3-8,11H2,1-2H3/t12-,13-,16-/m0/s1. The summed E-state index contributed by atoms with van der Waals surface area (Å²) in [4.78, 5) is 2.57. The van der Waals surface area contributed by atoms with Gasteiger partial charge in [-0.2, -0.15) is 0 Å². The molecular weight excluding hydrogens is 278 g/mol. The molecule has 0 aliphatic carbocycles. The Morgan fingerprint density at radius 2 is 2.14 bits per heavy atom. The SMILES string of the molecule is CC[C@H]1CN2CCc3cc(OC)c(O)cc3[C@@H]2C[C@@H]1CCO. The van der Waals surface area contributed by atoms with Crippen LogP contribution in [-0.4, -0.2) is 41.9 Å². The van der Waals surface area contributed by atoms with Gasteiger partial charge in [0.15, 0.2) is 11.5 Å². The predicted octanol–water partition coefficient (Wildman–Crippen LogP) is 2.73. The quantitative estimate of drug-likeness (QED) is 0.898. The van der Waals surface area contributed by atoms with E-state index in [1.54, 1.807) is 7.11 Å².